The Hall–Kier alpha value is -0.860. The van der Waals surface area contributed by atoms with Gasteiger partial charge in [0.15, 0.2) is 0 Å². The molecule has 0 fully saturated rings. The molecule has 0 spiro atoms. The molecular formula is C7H8BrF4NO3. The highest BCUT2D eigenvalue weighted by atomic mass is 79.9. The maximum absolute atomic E-state index is 12.8. The third kappa shape index (κ3) is 4.33. The normalized spacial score (nSPS) is 15.3. The van der Waals surface area contributed by atoms with Gasteiger partial charge in [0, 0.05) is 13.0 Å². The Labute approximate surface area is 96.1 Å². The van der Waals surface area contributed by atoms with Gasteiger partial charge in [0.05, 0.1) is 0 Å². The molecule has 94 valence electrons. The van der Waals surface area contributed by atoms with Crippen molar-refractivity contribution < 1.29 is 32.3 Å². The number of halogens is 5. The highest BCUT2D eigenvalue weighted by Crippen LogP contribution is 2.39. The molecule has 0 aliphatic heterocycles. The first-order valence-corrected chi connectivity index (χ1v) is 4.83. The molecule has 4 nitrogen and oxygen atoms in total. The van der Waals surface area contributed by atoms with Gasteiger partial charge in [0.2, 0.25) is 0 Å². The van der Waals surface area contributed by atoms with Crippen LogP contribution in [0.4, 0.5) is 17.6 Å². The van der Waals surface area contributed by atoms with Gasteiger partial charge in [-0.2, -0.15) is 13.2 Å². The fraction of sp³-hybridized carbons (Fsp3) is 0.714. The van der Waals surface area contributed by atoms with E-state index < -0.39 is 22.6 Å². The van der Waals surface area contributed by atoms with E-state index in [0.29, 0.717) is 0 Å². The predicted molar refractivity (Wildman–Crippen MR) is 48.7 cm³/mol. The third-order valence-electron chi connectivity index (χ3n) is 1.49. The van der Waals surface area contributed by atoms with E-state index >= 15 is 0 Å². The molecule has 0 aromatic rings. The summed E-state index contributed by atoms with van der Waals surface area (Å²) in [6, 6.07) is 0. The van der Waals surface area contributed by atoms with Crippen LogP contribution in [0.1, 0.15) is 12.8 Å². The number of hydrogen-bond acceptors (Lipinski definition) is 2. The molecule has 1 unspecified atom stereocenters. The summed E-state index contributed by atoms with van der Waals surface area (Å²) >= 11 is 1.63. The van der Waals surface area contributed by atoms with Gasteiger partial charge in [-0.15, -0.1) is 0 Å². The van der Waals surface area contributed by atoms with Crippen molar-refractivity contribution in [2.24, 2.45) is 0 Å². The van der Waals surface area contributed by atoms with E-state index in [1.54, 1.807) is 21.2 Å². The van der Waals surface area contributed by atoms with Gasteiger partial charge < -0.3 is 10.4 Å². The van der Waals surface area contributed by atoms with Crippen molar-refractivity contribution in [3.63, 3.8) is 0 Å². The summed E-state index contributed by atoms with van der Waals surface area (Å²) in [5, 5.41) is 9.83. The van der Waals surface area contributed by atoms with E-state index in [1.165, 1.54) is 0 Å². The number of amides is 1. The Morgan fingerprint density at radius 2 is 1.75 bits per heavy atom. The van der Waals surface area contributed by atoms with E-state index in [0.717, 1.165) is 0 Å². The van der Waals surface area contributed by atoms with Crippen molar-refractivity contribution in [2.75, 3.05) is 6.54 Å². The van der Waals surface area contributed by atoms with E-state index in [2.05, 4.69) is 0 Å². The molecular weight excluding hydrogens is 302 g/mol. The van der Waals surface area contributed by atoms with Crippen molar-refractivity contribution in [1.29, 1.82) is 0 Å². The molecule has 0 saturated heterocycles. The third-order valence-corrected chi connectivity index (χ3v) is 2.30. The van der Waals surface area contributed by atoms with E-state index in [9.17, 15) is 27.2 Å². The van der Waals surface area contributed by atoms with Crippen LogP contribution in [-0.4, -0.2) is 34.3 Å². The molecule has 1 amide bonds. The minimum absolute atomic E-state index is 0.0813. The first kappa shape index (κ1) is 15.1. The second-order valence-electron chi connectivity index (χ2n) is 2.83. The van der Waals surface area contributed by atoms with E-state index in [-0.39, 0.29) is 19.4 Å². The summed E-state index contributed by atoms with van der Waals surface area (Å²) in [5.74, 6) is -3.05. The largest absolute Gasteiger partial charge is 0.481 e. The number of nitrogens with one attached hydrogen (secondary N) is 1. The molecule has 0 bridgehead atoms. The highest BCUT2D eigenvalue weighted by Gasteiger charge is 2.60. The minimum Gasteiger partial charge on any atom is -0.481 e. The smallest absolute Gasteiger partial charge is 0.442 e. The lowest BCUT2D eigenvalue weighted by atomic mass is 10.3. The number of alkyl halides is 5. The van der Waals surface area contributed by atoms with Gasteiger partial charge in [-0.25, -0.2) is 4.39 Å². The zero-order chi connectivity index (χ0) is 13.0. The second kappa shape index (κ2) is 5.46. The lowest BCUT2D eigenvalue weighted by molar-refractivity contribution is -0.195. The van der Waals surface area contributed by atoms with Crippen molar-refractivity contribution in [3.05, 3.63) is 0 Å². The molecule has 0 rings (SSSR count). The molecule has 16 heavy (non-hydrogen) atoms. The molecule has 2 N–H and O–H groups in total. The molecule has 0 aliphatic rings. The number of hydrogen-bond donors (Lipinski definition) is 2. The van der Waals surface area contributed by atoms with Crippen LogP contribution >= 0.6 is 15.9 Å². The number of rotatable bonds is 5. The first-order chi connectivity index (χ1) is 7.09. The number of carbonyl (C=O) groups is 2. The summed E-state index contributed by atoms with van der Waals surface area (Å²) in [5.41, 5.74) is 0. The summed E-state index contributed by atoms with van der Waals surface area (Å²) in [7, 11) is 0. The lowest BCUT2D eigenvalue weighted by Gasteiger charge is -2.20. The Morgan fingerprint density at radius 3 is 2.12 bits per heavy atom. The SMILES string of the molecule is O=C(O)CCCNC(=O)C(F)(Br)C(F)(F)F. The van der Waals surface area contributed by atoms with Crippen molar-refractivity contribution in [3.8, 4) is 0 Å². The molecule has 0 radical (unpaired) electrons. The quantitative estimate of drug-likeness (QED) is 0.460. The molecule has 9 heteroatoms. The van der Waals surface area contributed by atoms with Crippen molar-refractivity contribution in [2.45, 2.75) is 23.6 Å². The fourth-order valence-electron chi connectivity index (χ4n) is 0.681. The molecule has 0 heterocycles. The van der Waals surface area contributed by atoms with Crippen LogP contribution in [0.15, 0.2) is 0 Å². The van der Waals surface area contributed by atoms with Gasteiger partial charge in [0.1, 0.15) is 0 Å². The maximum atomic E-state index is 12.8. The average molecular weight is 310 g/mol. The summed E-state index contributed by atoms with van der Waals surface area (Å²) in [4.78, 5) is 20.8. The minimum atomic E-state index is -5.37. The Balaban J connectivity index is 4.12. The molecule has 0 aromatic heterocycles. The fourth-order valence-corrected chi connectivity index (χ4v) is 0.821. The zero-order valence-corrected chi connectivity index (χ0v) is 9.36. The average Bonchev–Trinajstić information content (AvgIpc) is 2.09. The van der Waals surface area contributed by atoms with Crippen molar-refractivity contribution >= 4 is 27.8 Å². The van der Waals surface area contributed by atoms with Crippen LogP contribution in [0, 0.1) is 0 Å². The summed E-state index contributed by atoms with van der Waals surface area (Å²) in [6.07, 6.45) is -5.78. The Bertz CT molecular complexity index is 279. The van der Waals surface area contributed by atoms with Crippen molar-refractivity contribution in [1.82, 2.24) is 5.32 Å². The number of carbonyl (C=O) groups excluding carboxylic acids is 1. The number of carboxylic acids is 1. The number of aliphatic carboxylic acids is 1. The van der Waals surface area contributed by atoms with Crippen LogP contribution in [-0.2, 0) is 9.59 Å². The van der Waals surface area contributed by atoms with Gasteiger partial charge in [-0.3, -0.25) is 9.59 Å². The van der Waals surface area contributed by atoms with E-state index in [4.69, 9.17) is 5.11 Å². The Morgan fingerprint density at radius 1 is 1.25 bits per heavy atom. The van der Waals surface area contributed by atoms with Gasteiger partial charge in [0.25, 0.3) is 5.91 Å². The van der Waals surface area contributed by atoms with Crippen LogP contribution in [0.2, 0.25) is 0 Å². The summed E-state index contributed by atoms with van der Waals surface area (Å²) < 4.78 is 44.5. The Kier molecular flexibility index (Phi) is 5.17. The summed E-state index contributed by atoms with van der Waals surface area (Å²) in [6.45, 7) is -0.349. The zero-order valence-electron chi connectivity index (χ0n) is 7.77. The number of carboxylic acid groups (broad SMARTS) is 1. The van der Waals surface area contributed by atoms with Gasteiger partial charge in [-0.1, -0.05) is 0 Å². The van der Waals surface area contributed by atoms with E-state index in [1.807, 2.05) is 0 Å². The monoisotopic (exact) mass is 309 g/mol. The maximum Gasteiger partial charge on any atom is 0.442 e. The first-order valence-electron chi connectivity index (χ1n) is 4.03. The van der Waals surface area contributed by atoms with Gasteiger partial charge >= 0.3 is 16.7 Å². The molecule has 0 aromatic carbocycles. The second-order valence-corrected chi connectivity index (χ2v) is 3.92. The van der Waals surface area contributed by atoms with Crippen LogP contribution in [0.3, 0.4) is 0 Å². The topological polar surface area (TPSA) is 66.4 Å². The van der Waals surface area contributed by atoms with Crippen LogP contribution < -0.4 is 5.32 Å². The van der Waals surface area contributed by atoms with Crippen LogP contribution in [0.25, 0.3) is 0 Å². The highest BCUT2D eigenvalue weighted by molar-refractivity contribution is 9.10. The van der Waals surface area contributed by atoms with Gasteiger partial charge in [-0.05, 0) is 22.4 Å². The molecule has 0 saturated carbocycles. The standard InChI is InChI=1S/C7H8BrF4NO3/c8-6(9,7(10,11)12)5(16)13-3-1-2-4(14)15/h1-3H2,(H,13,16)(H,14,15). The molecule has 1 atom stereocenters. The van der Waals surface area contributed by atoms with Crippen LogP contribution in [0.5, 0.6) is 0 Å². The predicted octanol–water partition coefficient (Wildman–Crippen LogP) is 1.59. The lowest BCUT2D eigenvalue weighted by Crippen LogP contribution is -2.49. The molecule has 0 aliphatic carbocycles.